The third kappa shape index (κ3) is 7.99. The number of ketones is 1. The molecule has 0 aromatic heterocycles. The minimum Gasteiger partial charge on any atom is -0.399 e. The molecule has 0 heterocycles. The van der Waals surface area contributed by atoms with E-state index in [1.165, 1.54) is 69.8 Å². The van der Waals surface area contributed by atoms with Gasteiger partial charge in [-0.25, -0.2) is 0 Å². The average molecular weight is 366 g/mol. The molecule has 2 aromatic carbocycles. The van der Waals surface area contributed by atoms with Gasteiger partial charge in [0.05, 0.1) is 0 Å². The fourth-order valence-corrected chi connectivity index (χ4v) is 3.44. The fourth-order valence-electron chi connectivity index (χ4n) is 3.44. The summed E-state index contributed by atoms with van der Waals surface area (Å²) in [5.41, 5.74) is 9.11. The maximum atomic E-state index is 12.5. The number of aryl methyl sites for hydroxylation is 1. The number of unbranched alkanes of at least 4 members (excludes halogenated alkanes) is 9. The Balaban J connectivity index is 1.63. The van der Waals surface area contributed by atoms with Crippen LogP contribution in [0.15, 0.2) is 48.5 Å². The quantitative estimate of drug-likeness (QED) is 0.237. The highest BCUT2D eigenvalue weighted by atomic mass is 16.1. The van der Waals surface area contributed by atoms with Gasteiger partial charge in [-0.15, -0.1) is 0 Å². The Kier molecular flexibility index (Phi) is 9.68. The summed E-state index contributed by atoms with van der Waals surface area (Å²) in [5.74, 6) is 0.0560. The molecule has 0 unspecified atom stereocenters. The maximum Gasteiger partial charge on any atom is 0.193 e. The van der Waals surface area contributed by atoms with Gasteiger partial charge in [0, 0.05) is 16.8 Å². The first-order valence-electron chi connectivity index (χ1n) is 10.7. The molecular formula is C25H35NO. The van der Waals surface area contributed by atoms with Crippen LogP contribution in [0, 0.1) is 0 Å². The van der Waals surface area contributed by atoms with E-state index in [9.17, 15) is 4.79 Å². The molecule has 2 rings (SSSR count). The summed E-state index contributed by atoms with van der Waals surface area (Å²) in [5, 5.41) is 0. The van der Waals surface area contributed by atoms with Gasteiger partial charge in [0.15, 0.2) is 5.78 Å². The number of nitrogens with two attached hydrogens (primary N) is 1. The Labute approximate surface area is 165 Å². The van der Waals surface area contributed by atoms with Gasteiger partial charge < -0.3 is 5.73 Å². The van der Waals surface area contributed by atoms with Gasteiger partial charge in [0.2, 0.25) is 0 Å². The van der Waals surface area contributed by atoms with Gasteiger partial charge in [0.25, 0.3) is 0 Å². The third-order valence-electron chi connectivity index (χ3n) is 5.21. The molecule has 0 radical (unpaired) electrons. The Hall–Kier alpha value is -2.09. The van der Waals surface area contributed by atoms with E-state index in [0.29, 0.717) is 11.3 Å². The molecule has 2 nitrogen and oxygen atoms in total. The van der Waals surface area contributed by atoms with E-state index in [0.717, 1.165) is 12.0 Å². The van der Waals surface area contributed by atoms with E-state index in [2.05, 4.69) is 19.1 Å². The summed E-state index contributed by atoms with van der Waals surface area (Å²) in [6.45, 7) is 2.27. The van der Waals surface area contributed by atoms with Crippen LogP contribution in [0.5, 0.6) is 0 Å². The molecular weight excluding hydrogens is 330 g/mol. The zero-order valence-electron chi connectivity index (χ0n) is 16.9. The monoisotopic (exact) mass is 365 g/mol. The van der Waals surface area contributed by atoms with Crippen LogP contribution in [0.25, 0.3) is 0 Å². The molecule has 0 aliphatic carbocycles. The first-order valence-corrected chi connectivity index (χ1v) is 10.7. The second-order valence-corrected chi connectivity index (χ2v) is 7.58. The number of carbonyl (C=O) groups excluding carboxylic acids is 1. The van der Waals surface area contributed by atoms with Crippen molar-refractivity contribution in [2.75, 3.05) is 5.73 Å². The molecule has 0 saturated heterocycles. The van der Waals surface area contributed by atoms with Crippen molar-refractivity contribution < 1.29 is 4.79 Å². The van der Waals surface area contributed by atoms with Crippen LogP contribution in [0.1, 0.15) is 92.6 Å². The number of hydrogen-bond acceptors (Lipinski definition) is 2. The summed E-state index contributed by atoms with van der Waals surface area (Å²) in [7, 11) is 0. The van der Waals surface area contributed by atoms with Crippen LogP contribution < -0.4 is 5.73 Å². The zero-order chi connectivity index (χ0) is 19.3. The third-order valence-corrected chi connectivity index (χ3v) is 5.21. The summed E-state index contributed by atoms with van der Waals surface area (Å²) >= 11 is 0. The predicted molar refractivity (Wildman–Crippen MR) is 116 cm³/mol. The summed E-state index contributed by atoms with van der Waals surface area (Å²) in [4.78, 5) is 12.5. The number of nitrogen functional groups attached to an aromatic ring is 1. The van der Waals surface area contributed by atoms with Crippen molar-refractivity contribution in [1.29, 1.82) is 0 Å². The fraction of sp³-hybridized carbons (Fsp3) is 0.480. The minimum atomic E-state index is 0.0560. The van der Waals surface area contributed by atoms with E-state index in [-0.39, 0.29) is 5.78 Å². The number of anilines is 1. The number of rotatable bonds is 13. The lowest BCUT2D eigenvalue weighted by Crippen LogP contribution is -2.01. The van der Waals surface area contributed by atoms with Gasteiger partial charge >= 0.3 is 0 Å². The molecule has 0 fully saturated rings. The largest absolute Gasteiger partial charge is 0.399 e. The standard InChI is InChI=1S/C25H35NO/c1-2-3-4-5-6-7-8-9-10-11-12-21-13-15-22(16-14-21)25(27)23-17-19-24(26)20-18-23/h13-20H,2-12,26H2,1H3. The van der Waals surface area contributed by atoms with Crippen molar-refractivity contribution >= 4 is 11.5 Å². The molecule has 0 aliphatic rings. The molecule has 0 amide bonds. The highest BCUT2D eigenvalue weighted by Gasteiger charge is 2.08. The molecule has 146 valence electrons. The van der Waals surface area contributed by atoms with Crippen LogP contribution >= 0.6 is 0 Å². The lowest BCUT2D eigenvalue weighted by Gasteiger charge is -2.05. The van der Waals surface area contributed by atoms with Crippen LogP contribution in [0.3, 0.4) is 0 Å². The number of benzene rings is 2. The summed E-state index contributed by atoms with van der Waals surface area (Å²) < 4.78 is 0. The van der Waals surface area contributed by atoms with Crippen LogP contribution in [0.2, 0.25) is 0 Å². The van der Waals surface area contributed by atoms with E-state index in [1.54, 1.807) is 24.3 Å². The second-order valence-electron chi connectivity index (χ2n) is 7.58. The Morgan fingerprint density at radius 2 is 1.11 bits per heavy atom. The Morgan fingerprint density at radius 1 is 0.667 bits per heavy atom. The molecule has 0 atom stereocenters. The van der Waals surface area contributed by atoms with Crippen molar-refractivity contribution in [2.24, 2.45) is 0 Å². The smallest absolute Gasteiger partial charge is 0.193 e. The topological polar surface area (TPSA) is 43.1 Å². The van der Waals surface area contributed by atoms with Crippen LogP contribution in [0.4, 0.5) is 5.69 Å². The lowest BCUT2D eigenvalue weighted by molar-refractivity contribution is 0.103. The highest BCUT2D eigenvalue weighted by Crippen LogP contribution is 2.15. The Morgan fingerprint density at radius 3 is 1.63 bits per heavy atom. The van der Waals surface area contributed by atoms with Crippen molar-refractivity contribution in [3.63, 3.8) is 0 Å². The van der Waals surface area contributed by atoms with Crippen molar-refractivity contribution in [3.05, 3.63) is 65.2 Å². The van der Waals surface area contributed by atoms with Gasteiger partial charge in [-0.3, -0.25) is 4.79 Å². The van der Waals surface area contributed by atoms with Crippen molar-refractivity contribution in [1.82, 2.24) is 0 Å². The molecule has 0 spiro atoms. The second kappa shape index (κ2) is 12.3. The average Bonchev–Trinajstić information content (AvgIpc) is 2.70. The summed E-state index contributed by atoms with van der Waals surface area (Å²) in [6, 6.07) is 15.2. The van der Waals surface area contributed by atoms with E-state index >= 15 is 0 Å². The molecule has 2 heteroatoms. The maximum absolute atomic E-state index is 12.5. The molecule has 0 bridgehead atoms. The molecule has 0 saturated carbocycles. The molecule has 2 N–H and O–H groups in total. The first kappa shape index (κ1) is 21.2. The molecule has 27 heavy (non-hydrogen) atoms. The van der Waals surface area contributed by atoms with Crippen molar-refractivity contribution in [3.8, 4) is 0 Å². The van der Waals surface area contributed by atoms with Gasteiger partial charge in [-0.05, 0) is 42.7 Å². The minimum absolute atomic E-state index is 0.0560. The zero-order valence-corrected chi connectivity index (χ0v) is 16.9. The van der Waals surface area contributed by atoms with Gasteiger partial charge in [-0.1, -0.05) is 89.0 Å². The highest BCUT2D eigenvalue weighted by molar-refractivity contribution is 6.09. The SMILES string of the molecule is CCCCCCCCCCCCc1ccc(C(=O)c2ccc(N)cc2)cc1. The van der Waals surface area contributed by atoms with E-state index in [1.807, 2.05) is 12.1 Å². The van der Waals surface area contributed by atoms with Gasteiger partial charge in [0.1, 0.15) is 0 Å². The van der Waals surface area contributed by atoms with Crippen molar-refractivity contribution in [2.45, 2.75) is 77.6 Å². The Bertz CT molecular complexity index is 658. The predicted octanol–water partition coefficient (Wildman–Crippen LogP) is 6.96. The molecule has 2 aromatic rings. The van der Waals surface area contributed by atoms with Gasteiger partial charge in [-0.2, -0.15) is 0 Å². The molecule has 0 aliphatic heterocycles. The summed E-state index contributed by atoms with van der Waals surface area (Å²) in [6.07, 6.45) is 14.7. The van der Waals surface area contributed by atoms with Crippen LogP contribution in [-0.4, -0.2) is 5.78 Å². The lowest BCUT2D eigenvalue weighted by atomic mass is 9.99. The number of carbonyl (C=O) groups is 1. The van der Waals surface area contributed by atoms with Crippen LogP contribution in [-0.2, 0) is 6.42 Å². The number of hydrogen-bond donors (Lipinski definition) is 1. The first-order chi connectivity index (χ1) is 13.2. The normalized spacial score (nSPS) is 10.9. The van der Waals surface area contributed by atoms with E-state index < -0.39 is 0 Å². The van der Waals surface area contributed by atoms with E-state index in [4.69, 9.17) is 5.73 Å².